The number of fused-ring (bicyclic) bond motifs is 4. The summed E-state index contributed by atoms with van der Waals surface area (Å²) < 4.78 is 12.7. The zero-order chi connectivity index (χ0) is 27.4. The Labute approximate surface area is 235 Å². The molecule has 4 aliphatic rings. The molecule has 0 radical (unpaired) electrons. The van der Waals surface area contributed by atoms with Crippen LogP contribution in [0.25, 0.3) is 11.5 Å². The van der Waals surface area contributed by atoms with Gasteiger partial charge < -0.3 is 19.9 Å². The van der Waals surface area contributed by atoms with Gasteiger partial charge in [0.1, 0.15) is 18.0 Å². The number of aryl methyl sites for hydroxylation is 1. The van der Waals surface area contributed by atoms with Crippen molar-refractivity contribution < 1.29 is 9.26 Å². The van der Waals surface area contributed by atoms with E-state index in [-0.39, 0.29) is 11.5 Å². The van der Waals surface area contributed by atoms with Crippen molar-refractivity contribution in [2.75, 3.05) is 37.3 Å². The van der Waals surface area contributed by atoms with Crippen molar-refractivity contribution >= 4 is 11.5 Å². The zero-order valence-corrected chi connectivity index (χ0v) is 23.4. The number of benzene rings is 1. The van der Waals surface area contributed by atoms with Gasteiger partial charge in [0.25, 0.3) is 0 Å². The van der Waals surface area contributed by atoms with Gasteiger partial charge in [-0.05, 0) is 95.5 Å². The van der Waals surface area contributed by atoms with Gasteiger partial charge in [-0.1, -0.05) is 11.2 Å². The molecule has 40 heavy (non-hydrogen) atoms. The maximum atomic E-state index is 10.0. The fraction of sp³-hybridized carbons (Fsp3) is 0.548. The topological polar surface area (TPSA) is 117 Å². The molecule has 4 heterocycles. The second kappa shape index (κ2) is 9.77. The van der Waals surface area contributed by atoms with Crippen molar-refractivity contribution in [3.63, 3.8) is 0 Å². The largest absolute Gasteiger partial charge is 0.473 e. The van der Waals surface area contributed by atoms with Crippen LogP contribution >= 0.6 is 0 Å². The van der Waals surface area contributed by atoms with E-state index < -0.39 is 0 Å². The van der Waals surface area contributed by atoms with Crippen LogP contribution in [0.4, 0.5) is 11.5 Å². The molecule has 7 rings (SSSR count). The third kappa shape index (κ3) is 3.95. The van der Waals surface area contributed by atoms with Crippen molar-refractivity contribution in [2.24, 2.45) is 0 Å². The van der Waals surface area contributed by atoms with Crippen molar-refractivity contribution in [1.82, 2.24) is 20.0 Å². The number of rotatable bonds is 5. The fourth-order valence-corrected chi connectivity index (χ4v) is 7.75. The summed E-state index contributed by atoms with van der Waals surface area (Å²) in [7, 11) is 2.17. The van der Waals surface area contributed by atoms with E-state index in [4.69, 9.17) is 25.0 Å². The van der Waals surface area contributed by atoms with Crippen LogP contribution in [-0.2, 0) is 18.3 Å². The molecular weight excluding hydrogens is 502 g/mol. The Morgan fingerprint density at radius 1 is 1.12 bits per heavy atom. The maximum absolute atomic E-state index is 10.0. The van der Waals surface area contributed by atoms with Crippen LogP contribution in [-0.4, -0.2) is 58.9 Å². The van der Waals surface area contributed by atoms with Crippen LogP contribution in [0.3, 0.4) is 0 Å². The van der Waals surface area contributed by atoms with E-state index in [0.29, 0.717) is 34.7 Å². The van der Waals surface area contributed by atoms with Gasteiger partial charge >= 0.3 is 0 Å². The van der Waals surface area contributed by atoms with Gasteiger partial charge in [0.15, 0.2) is 17.3 Å². The molecule has 2 fully saturated rings. The number of aromatic nitrogens is 3. The number of nitrogen functional groups attached to an aromatic ring is 1. The first-order chi connectivity index (χ1) is 19.5. The van der Waals surface area contributed by atoms with Gasteiger partial charge in [0.05, 0.1) is 11.0 Å². The first kappa shape index (κ1) is 25.3. The summed E-state index contributed by atoms with van der Waals surface area (Å²) >= 11 is 0. The number of hydrogen-bond donors (Lipinski definition) is 1. The molecule has 3 atom stereocenters. The SMILES string of the molecule is C[C@H](Oc1cc(N2CCCC2)nc(-c2noc3c2CCC[C@@]32CCc3ccc(N)c(C#N)c32)n1)[C@@H]1CCCN1C. The summed E-state index contributed by atoms with van der Waals surface area (Å²) in [5, 5.41) is 14.7. The van der Waals surface area contributed by atoms with Gasteiger partial charge in [-0.2, -0.15) is 10.2 Å². The van der Waals surface area contributed by atoms with E-state index in [9.17, 15) is 5.26 Å². The van der Waals surface area contributed by atoms with Crippen LogP contribution in [0.1, 0.15) is 79.9 Å². The third-order valence-electron chi connectivity index (χ3n) is 9.74. The number of likely N-dealkylation sites (N-methyl/N-ethyl adjacent to an activating group) is 1. The Balaban J connectivity index is 1.30. The summed E-state index contributed by atoms with van der Waals surface area (Å²) in [6.45, 7) is 5.20. The highest BCUT2D eigenvalue weighted by Crippen LogP contribution is 2.54. The summed E-state index contributed by atoms with van der Waals surface area (Å²) in [5.74, 6) is 2.89. The summed E-state index contributed by atoms with van der Waals surface area (Å²) in [4.78, 5) is 14.6. The van der Waals surface area contributed by atoms with Crippen LogP contribution in [0.5, 0.6) is 5.88 Å². The molecule has 9 nitrogen and oxygen atoms in total. The molecular formula is C31H37N7O2. The molecule has 0 amide bonds. The molecule has 9 heteroatoms. The summed E-state index contributed by atoms with van der Waals surface area (Å²) in [5.41, 5.74) is 11.0. The Bertz CT molecular complexity index is 1490. The second-order valence-corrected chi connectivity index (χ2v) is 12.0. The number of anilines is 2. The quantitative estimate of drug-likeness (QED) is 0.464. The number of ether oxygens (including phenoxy) is 1. The van der Waals surface area contributed by atoms with Crippen LogP contribution in [0.15, 0.2) is 22.7 Å². The van der Waals surface area contributed by atoms with Crippen molar-refractivity contribution in [2.45, 2.75) is 82.3 Å². The minimum absolute atomic E-state index is 0.0148. The van der Waals surface area contributed by atoms with Gasteiger partial charge in [0.2, 0.25) is 5.88 Å². The normalized spacial score (nSPS) is 24.7. The minimum Gasteiger partial charge on any atom is -0.473 e. The highest BCUT2D eigenvalue weighted by molar-refractivity contribution is 5.68. The molecule has 2 N–H and O–H groups in total. The highest BCUT2D eigenvalue weighted by Gasteiger charge is 2.49. The van der Waals surface area contributed by atoms with Crippen LogP contribution < -0.4 is 15.4 Å². The smallest absolute Gasteiger partial charge is 0.219 e. The van der Waals surface area contributed by atoms with E-state index in [0.717, 1.165) is 93.7 Å². The lowest BCUT2D eigenvalue weighted by atomic mass is 9.68. The lowest BCUT2D eigenvalue weighted by Gasteiger charge is -2.33. The molecule has 2 aliphatic carbocycles. The predicted molar refractivity (Wildman–Crippen MR) is 152 cm³/mol. The van der Waals surface area contributed by atoms with E-state index in [2.05, 4.69) is 41.1 Å². The minimum atomic E-state index is -0.387. The van der Waals surface area contributed by atoms with E-state index in [1.165, 1.54) is 12.0 Å². The standard InChI is InChI=1S/C31H37N7O2/c1-19(24-8-6-14-37(24)2)39-26-17-25(38-15-3-4-16-38)34-30(35-26)28-21-7-5-12-31(29(21)40-36-28)13-11-20-9-10-23(33)22(18-32)27(20)31/h9-10,17,19,24H,3-8,11-16,33H2,1-2H3/t19-,24-,31-/m0/s1. The molecule has 2 aliphatic heterocycles. The highest BCUT2D eigenvalue weighted by atomic mass is 16.5. The first-order valence-electron chi connectivity index (χ1n) is 14.8. The van der Waals surface area contributed by atoms with Crippen molar-refractivity contribution in [1.29, 1.82) is 5.26 Å². The molecule has 2 aromatic heterocycles. The van der Waals surface area contributed by atoms with Crippen molar-refractivity contribution in [3.05, 3.63) is 46.2 Å². The van der Waals surface area contributed by atoms with Gasteiger partial charge in [-0.3, -0.25) is 4.90 Å². The fourth-order valence-electron chi connectivity index (χ4n) is 7.75. The summed E-state index contributed by atoms with van der Waals surface area (Å²) in [6.07, 6.45) is 9.16. The molecule has 3 aromatic rings. The number of nitrogens with zero attached hydrogens (tertiary/aromatic N) is 6. The lowest BCUT2D eigenvalue weighted by molar-refractivity contribution is 0.117. The molecule has 0 bridgehead atoms. The molecule has 0 saturated carbocycles. The van der Waals surface area contributed by atoms with E-state index >= 15 is 0 Å². The predicted octanol–water partition coefficient (Wildman–Crippen LogP) is 4.62. The number of nitriles is 1. The maximum Gasteiger partial charge on any atom is 0.219 e. The number of nitrogens with two attached hydrogens (primary N) is 1. The average Bonchev–Trinajstić information content (AvgIpc) is 3.76. The lowest BCUT2D eigenvalue weighted by Crippen LogP contribution is -2.38. The monoisotopic (exact) mass is 539 g/mol. The Hall–Kier alpha value is -3.64. The van der Waals surface area contributed by atoms with E-state index in [1.54, 1.807) is 0 Å². The summed E-state index contributed by atoms with van der Waals surface area (Å²) in [6, 6.07) is 8.68. The zero-order valence-electron chi connectivity index (χ0n) is 23.4. The molecule has 208 valence electrons. The molecule has 0 unspecified atom stereocenters. The van der Waals surface area contributed by atoms with E-state index in [1.807, 2.05) is 12.1 Å². The third-order valence-corrected chi connectivity index (χ3v) is 9.74. The number of likely N-dealkylation sites (tertiary alicyclic amines) is 1. The average molecular weight is 540 g/mol. The number of hydrogen-bond acceptors (Lipinski definition) is 9. The van der Waals surface area contributed by atoms with Gasteiger partial charge in [0, 0.05) is 36.4 Å². The molecule has 1 spiro atoms. The Kier molecular flexibility index (Phi) is 6.19. The Morgan fingerprint density at radius 3 is 2.75 bits per heavy atom. The Morgan fingerprint density at radius 2 is 1.98 bits per heavy atom. The molecule has 2 saturated heterocycles. The second-order valence-electron chi connectivity index (χ2n) is 12.0. The van der Waals surface area contributed by atoms with Crippen LogP contribution in [0, 0.1) is 11.3 Å². The first-order valence-corrected chi connectivity index (χ1v) is 14.8. The van der Waals surface area contributed by atoms with Crippen molar-refractivity contribution in [3.8, 4) is 23.5 Å². The van der Waals surface area contributed by atoms with Crippen LogP contribution in [0.2, 0.25) is 0 Å². The van der Waals surface area contributed by atoms with Gasteiger partial charge in [-0.15, -0.1) is 0 Å². The molecule has 1 aromatic carbocycles. The van der Waals surface area contributed by atoms with Gasteiger partial charge in [-0.25, -0.2) is 4.98 Å².